The second-order valence-electron chi connectivity index (χ2n) is 6.05. The molecule has 0 aliphatic carbocycles. The normalized spacial score (nSPS) is 22.1. The molecule has 1 saturated heterocycles. The summed E-state index contributed by atoms with van der Waals surface area (Å²) in [6.45, 7) is 5.99. The number of piperidine rings is 1. The molecule has 1 aliphatic rings. The number of hydrogen-bond acceptors (Lipinski definition) is 5. The van der Waals surface area contributed by atoms with E-state index in [1.165, 1.54) is 16.9 Å². The second kappa shape index (κ2) is 6.58. The van der Waals surface area contributed by atoms with Gasteiger partial charge in [-0.25, -0.2) is 4.98 Å². The highest BCUT2D eigenvalue weighted by Gasteiger charge is 2.35. The van der Waals surface area contributed by atoms with Crippen LogP contribution in [0.2, 0.25) is 0 Å². The number of allylic oxidation sites excluding steroid dienone is 2. The topological polar surface area (TPSA) is 79.4 Å². The molecular formula is C15H23N3O2S. The van der Waals surface area contributed by atoms with Gasteiger partial charge in [-0.3, -0.25) is 4.79 Å². The van der Waals surface area contributed by atoms with Gasteiger partial charge in [-0.2, -0.15) is 0 Å². The Hall–Kier alpha value is -1.40. The van der Waals surface area contributed by atoms with E-state index < -0.39 is 5.91 Å². The van der Waals surface area contributed by atoms with Crippen LogP contribution < -0.4 is 10.6 Å². The first-order chi connectivity index (χ1) is 9.96. The SMILES string of the molecule is CC(C)=CC[C@]1(CO)CCCN(c2nc(C(N)=O)cs2)C1. The number of primary amides is 1. The van der Waals surface area contributed by atoms with Crippen LogP contribution in [0.5, 0.6) is 0 Å². The zero-order chi connectivity index (χ0) is 15.5. The number of amides is 1. The number of hydrogen-bond donors (Lipinski definition) is 2. The molecule has 5 nitrogen and oxygen atoms in total. The summed E-state index contributed by atoms with van der Waals surface area (Å²) in [7, 11) is 0. The van der Waals surface area contributed by atoms with Crippen molar-refractivity contribution >= 4 is 22.4 Å². The number of anilines is 1. The molecule has 6 heteroatoms. The average molecular weight is 309 g/mol. The molecule has 2 heterocycles. The Labute approximate surface area is 129 Å². The summed E-state index contributed by atoms with van der Waals surface area (Å²) in [5.74, 6) is -0.493. The van der Waals surface area contributed by atoms with E-state index in [9.17, 15) is 9.90 Å². The Morgan fingerprint density at radius 3 is 2.95 bits per heavy atom. The van der Waals surface area contributed by atoms with Crippen LogP contribution in [0, 0.1) is 5.41 Å². The summed E-state index contributed by atoms with van der Waals surface area (Å²) >= 11 is 1.44. The van der Waals surface area contributed by atoms with Crippen LogP contribution in [0.1, 0.15) is 43.6 Å². The van der Waals surface area contributed by atoms with Gasteiger partial charge in [-0.05, 0) is 33.1 Å². The summed E-state index contributed by atoms with van der Waals surface area (Å²) in [6, 6.07) is 0. The highest BCUT2D eigenvalue weighted by molar-refractivity contribution is 7.13. The van der Waals surface area contributed by atoms with Crippen LogP contribution in [0.25, 0.3) is 0 Å². The fourth-order valence-electron chi connectivity index (χ4n) is 2.67. The second-order valence-corrected chi connectivity index (χ2v) is 6.88. The number of carbonyl (C=O) groups is 1. The number of aromatic nitrogens is 1. The van der Waals surface area contributed by atoms with E-state index in [-0.39, 0.29) is 12.0 Å². The maximum atomic E-state index is 11.2. The fraction of sp³-hybridized carbons (Fsp3) is 0.600. The number of aliphatic hydroxyl groups is 1. The minimum absolute atomic E-state index is 0.117. The fourth-order valence-corrected chi connectivity index (χ4v) is 3.52. The van der Waals surface area contributed by atoms with Crippen LogP contribution in [0.4, 0.5) is 5.13 Å². The Bertz CT molecular complexity index is 537. The Morgan fingerprint density at radius 2 is 2.38 bits per heavy atom. The van der Waals surface area contributed by atoms with Crippen molar-refractivity contribution in [1.29, 1.82) is 0 Å². The lowest BCUT2D eigenvalue weighted by Gasteiger charge is -2.41. The van der Waals surface area contributed by atoms with Crippen molar-refractivity contribution < 1.29 is 9.90 Å². The van der Waals surface area contributed by atoms with Gasteiger partial charge in [0.1, 0.15) is 5.69 Å². The molecule has 0 saturated carbocycles. The monoisotopic (exact) mass is 309 g/mol. The van der Waals surface area contributed by atoms with Crippen molar-refractivity contribution in [2.24, 2.45) is 11.1 Å². The zero-order valence-electron chi connectivity index (χ0n) is 12.6. The van der Waals surface area contributed by atoms with E-state index in [0.717, 1.165) is 37.5 Å². The predicted octanol–water partition coefficient (Wildman–Crippen LogP) is 2.18. The molecule has 1 aromatic rings. The van der Waals surface area contributed by atoms with Gasteiger partial charge < -0.3 is 15.7 Å². The highest BCUT2D eigenvalue weighted by atomic mass is 32.1. The first kappa shape index (κ1) is 16.0. The third-order valence-corrected chi connectivity index (χ3v) is 4.86. The first-order valence-corrected chi connectivity index (χ1v) is 8.08. The number of nitrogens with two attached hydrogens (primary N) is 1. The van der Waals surface area contributed by atoms with E-state index in [2.05, 4.69) is 29.8 Å². The van der Waals surface area contributed by atoms with E-state index in [4.69, 9.17) is 5.73 Å². The van der Waals surface area contributed by atoms with Crippen molar-refractivity contribution in [3.05, 3.63) is 22.7 Å². The maximum absolute atomic E-state index is 11.2. The molecule has 0 aromatic carbocycles. The summed E-state index contributed by atoms with van der Waals surface area (Å²) in [4.78, 5) is 17.6. The number of rotatable bonds is 5. The largest absolute Gasteiger partial charge is 0.396 e. The molecule has 1 aliphatic heterocycles. The van der Waals surface area contributed by atoms with Crippen LogP contribution >= 0.6 is 11.3 Å². The molecular weight excluding hydrogens is 286 g/mol. The summed E-state index contributed by atoms with van der Waals surface area (Å²) in [5, 5.41) is 12.4. The van der Waals surface area contributed by atoms with Crippen LogP contribution in [-0.2, 0) is 0 Å². The van der Waals surface area contributed by atoms with Crippen molar-refractivity contribution in [1.82, 2.24) is 4.98 Å². The minimum atomic E-state index is -0.493. The van der Waals surface area contributed by atoms with Crippen molar-refractivity contribution in [3.63, 3.8) is 0 Å². The van der Waals surface area contributed by atoms with Gasteiger partial charge in [0.2, 0.25) is 0 Å². The molecule has 0 radical (unpaired) electrons. The summed E-state index contributed by atoms with van der Waals surface area (Å²) < 4.78 is 0. The van der Waals surface area contributed by atoms with Gasteiger partial charge in [0.05, 0.1) is 6.61 Å². The lowest BCUT2D eigenvalue weighted by Crippen LogP contribution is -2.45. The standard InChI is InChI=1S/C15H23N3O2S/c1-11(2)4-6-15(10-19)5-3-7-18(9-15)14-17-12(8-21-14)13(16)20/h4,8,19H,3,5-7,9-10H2,1-2H3,(H2,16,20)/t15-/m1/s1. The summed E-state index contributed by atoms with van der Waals surface area (Å²) in [6.07, 6.45) is 5.09. The summed E-state index contributed by atoms with van der Waals surface area (Å²) in [5.41, 5.74) is 6.73. The zero-order valence-corrected chi connectivity index (χ0v) is 13.4. The van der Waals surface area contributed by atoms with Crippen molar-refractivity contribution in [2.45, 2.75) is 33.1 Å². The Kier molecular flexibility index (Phi) is 5.00. The van der Waals surface area contributed by atoms with E-state index in [0.29, 0.717) is 5.69 Å². The smallest absolute Gasteiger partial charge is 0.268 e. The van der Waals surface area contributed by atoms with E-state index in [1.54, 1.807) is 5.38 Å². The molecule has 0 bridgehead atoms. The lowest BCUT2D eigenvalue weighted by molar-refractivity contribution is 0.0995. The number of carbonyl (C=O) groups excluding carboxylic acids is 1. The van der Waals surface area contributed by atoms with Crippen LogP contribution in [-0.4, -0.2) is 35.7 Å². The molecule has 2 rings (SSSR count). The predicted molar refractivity (Wildman–Crippen MR) is 85.6 cm³/mol. The molecule has 1 fully saturated rings. The molecule has 21 heavy (non-hydrogen) atoms. The molecule has 1 atom stereocenters. The van der Waals surface area contributed by atoms with Crippen molar-refractivity contribution in [3.8, 4) is 0 Å². The molecule has 1 amide bonds. The van der Waals surface area contributed by atoms with E-state index in [1.807, 2.05) is 0 Å². The highest BCUT2D eigenvalue weighted by Crippen LogP contribution is 2.36. The van der Waals surface area contributed by atoms with E-state index >= 15 is 0 Å². The molecule has 3 N–H and O–H groups in total. The first-order valence-electron chi connectivity index (χ1n) is 7.20. The maximum Gasteiger partial charge on any atom is 0.268 e. The molecule has 0 spiro atoms. The Balaban J connectivity index is 2.14. The van der Waals surface area contributed by atoms with Crippen molar-refractivity contribution in [2.75, 3.05) is 24.6 Å². The number of nitrogens with zero attached hydrogens (tertiary/aromatic N) is 2. The Morgan fingerprint density at radius 1 is 1.62 bits per heavy atom. The van der Waals surface area contributed by atoms with Gasteiger partial charge in [-0.15, -0.1) is 11.3 Å². The molecule has 1 aromatic heterocycles. The number of aliphatic hydroxyl groups excluding tert-OH is 1. The third-order valence-electron chi connectivity index (χ3n) is 3.96. The molecule has 0 unspecified atom stereocenters. The average Bonchev–Trinajstić information content (AvgIpc) is 2.95. The molecule has 116 valence electrons. The van der Waals surface area contributed by atoms with Crippen LogP contribution in [0.15, 0.2) is 17.0 Å². The third kappa shape index (κ3) is 3.83. The minimum Gasteiger partial charge on any atom is -0.396 e. The van der Waals surface area contributed by atoms with Gasteiger partial charge in [0, 0.05) is 23.9 Å². The van der Waals surface area contributed by atoms with Gasteiger partial charge >= 0.3 is 0 Å². The quantitative estimate of drug-likeness (QED) is 0.817. The van der Waals surface area contributed by atoms with Crippen LogP contribution in [0.3, 0.4) is 0 Å². The van der Waals surface area contributed by atoms with Gasteiger partial charge in [0.15, 0.2) is 5.13 Å². The lowest BCUT2D eigenvalue weighted by atomic mass is 9.77. The number of thiazole rings is 1. The van der Waals surface area contributed by atoms with Gasteiger partial charge in [-0.1, -0.05) is 11.6 Å². The van der Waals surface area contributed by atoms with Gasteiger partial charge in [0.25, 0.3) is 5.91 Å².